The number of amides is 2. The maximum atomic E-state index is 12.3. The topological polar surface area (TPSA) is 49.4 Å². The van der Waals surface area contributed by atoms with Crippen molar-refractivity contribution < 1.29 is 9.59 Å². The van der Waals surface area contributed by atoms with Gasteiger partial charge in [-0.3, -0.25) is 9.59 Å². The Morgan fingerprint density at radius 2 is 1.79 bits per heavy atom. The summed E-state index contributed by atoms with van der Waals surface area (Å²) in [5.41, 5.74) is 1.42. The van der Waals surface area contributed by atoms with Crippen molar-refractivity contribution in [1.29, 1.82) is 0 Å². The molecule has 0 fully saturated rings. The van der Waals surface area contributed by atoms with Crippen LogP contribution in [0.4, 0.5) is 5.69 Å². The highest BCUT2D eigenvalue weighted by Gasteiger charge is 2.17. The fourth-order valence-corrected chi connectivity index (χ4v) is 2.55. The number of anilines is 1. The molecule has 0 aliphatic heterocycles. The third-order valence-corrected chi connectivity index (χ3v) is 4.03. The number of benzene rings is 2. The zero-order valence-electron chi connectivity index (χ0n) is 13.3. The average molecular weight is 365 g/mol. The predicted molar refractivity (Wildman–Crippen MR) is 97.2 cm³/mol. The van der Waals surface area contributed by atoms with Crippen LogP contribution in [0.25, 0.3) is 0 Å². The van der Waals surface area contributed by atoms with Crippen LogP contribution in [0.5, 0.6) is 0 Å². The molecule has 0 unspecified atom stereocenters. The summed E-state index contributed by atoms with van der Waals surface area (Å²) in [6.07, 6.45) is -0.247. The van der Waals surface area contributed by atoms with Gasteiger partial charge < -0.3 is 10.2 Å². The van der Waals surface area contributed by atoms with Crippen LogP contribution in [0.15, 0.2) is 48.5 Å². The molecule has 1 N–H and O–H groups in total. The molecular formula is C18H18Cl2N2O2. The summed E-state index contributed by atoms with van der Waals surface area (Å²) in [6, 6.07) is 14.4. The Kier molecular flexibility index (Phi) is 6.64. The van der Waals surface area contributed by atoms with Crippen LogP contribution in [0, 0.1) is 0 Å². The minimum atomic E-state index is -0.421. The molecule has 2 amide bonds. The number of carbonyl (C=O) groups is 2. The molecule has 2 rings (SSSR count). The highest BCUT2D eigenvalue weighted by atomic mass is 35.5. The molecule has 0 atom stereocenters. The SMILES string of the molecule is CCN(Cc1ccccc1)C(=O)CC(=O)Nc1cc(Cl)ccc1Cl. The Morgan fingerprint density at radius 3 is 2.46 bits per heavy atom. The lowest BCUT2D eigenvalue weighted by atomic mass is 10.2. The Morgan fingerprint density at radius 1 is 1.08 bits per heavy atom. The van der Waals surface area contributed by atoms with Crippen LogP contribution in [0.1, 0.15) is 18.9 Å². The maximum absolute atomic E-state index is 12.3. The van der Waals surface area contributed by atoms with Crippen LogP contribution in [-0.2, 0) is 16.1 Å². The van der Waals surface area contributed by atoms with Gasteiger partial charge in [-0.05, 0) is 30.7 Å². The smallest absolute Gasteiger partial charge is 0.233 e. The third-order valence-electron chi connectivity index (χ3n) is 3.46. The lowest BCUT2D eigenvalue weighted by Crippen LogP contribution is -2.33. The van der Waals surface area contributed by atoms with Gasteiger partial charge in [-0.2, -0.15) is 0 Å². The molecule has 2 aromatic rings. The van der Waals surface area contributed by atoms with Gasteiger partial charge in [0, 0.05) is 18.1 Å². The van der Waals surface area contributed by atoms with Crippen molar-refractivity contribution in [3.8, 4) is 0 Å². The fourth-order valence-electron chi connectivity index (χ4n) is 2.22. The van der Waals surface area contributed by atoms with E-state index in [1.807, 2.05) is 37.3 Å². The van der Waals surface area contributed by atoms with Crippen LogP contribution in [0.2, 0.25) is 10.0 Å². The molecule has 0 radical (unpaired) electrons. The first kappa shape index (κ1) is 18.3. The van der Waals surface area contributed by atoms with E-state index in [0.29, 0.717) is 28.8 Å². The van der Waals surface area contributed by atoms with E-state index in [4.69, 9.17) is 23.2 Å². The van der Waals surface area contributed by atoms with Crippen LogP contribution in [0.3, 0.4) is 0 Å². The summed E-state index contributed by atoms with van der Waals surface area (Å²) in [6.45, 7) is 2.88. The molecule has 24 heavy (non-hydrogen) atoms. The number of carbonyl (C=O) groups excluding carboxylic acids is 2. The first-order valence-corrected chi connectivity index (χ1v) is 8.31. The molecule has 0 aliphatic carbocycles. The number of halogens is 2. The molecule has 6 heteroatoms. The van der Waals surface area contributed by atoms with Gasteiger partial charge in [0.05, 0.1) is 10.7 Å². The van der Waals surface area contributed by atoms with Gasteiger partial charge in [0.15, 0.2) is 0 Å². The lowest BCUT2D eigenvalue weighted by Gasteiger charge is -2.21. The van der Waals surface area contributed by atoms with E-state index in [9.17, 15) is 9.59 Å². The lowest BCUT2D eigenvalue weighted by molar-refractivity contribution is -0.134. The molecule has 0 bridgehead atoms. The second-order valence-corrected chi connectivity index (χ2v) is 6.09. The van der Waals surface area contributed by atoms with Crippen molar-refractivity contribution in [3.63, 3.8) is 0 Å². The number of hydrogen-bond acceptors (Lipinski definition) is 2. The van der Waals surface area contributed by atoms with Crippen molar-refractivity contribution in [2.24, 2.45) is 0 Å². The third kappa shape index (κ3) is 5.25. The molecule has 0 spiro atoms. The predicted octanol–water partition coefficient (Wildman–Crippen LogP) is 4.37. The van der Waals surface area contributed by atoms with Gasteiger partial charge in [0.1, 0.15) is 6.42 Å². The van der Waals surface area contributed by atoms with E-state index in [1.54, 1.807) is 23.1 Å². The van der Waals surface area contributed by atoms with Crippen molar-refractivity contribution in [1.82, 2.24) is 4.90 Å². The summed E-state index contributed by atoms with van der Waals surface area (Å²) in [4.78, 5) is 26.1. The van der Waals surface area contributed by atoms with Crippen LogP contribution >= 0.6 is 23.2 Å². The summed E-state index contributed by atoms with van der Waals surface area (Å²) >= 11 is 11.9. The number of nitrogens with zero attached hydrogens (tertiary/aromatic N) is 1. The second-order valence-electron chi connectivity index (χ2n) is 5.24. The quantitative estimate of drug-likeness (QED) is 0.773. The van der Waals surface area contributed by atoms with E-state index < -0.39 is 5.91 Å². The minimum absolute atomic E-state index is 0.239. The largest absolute Gasteiger partial charge is 0.338 e. The molecular weight excluding hydrogens is 347 g/mol. The first-order valence-electron chi connectivity index (χ1n) is 7.56. The van der Waals surface area contributed by atoms with Crippen molar-refractivity contribution in [2.75, 3.05) is 11.9 Å². The maximum Gasteiger partial charge on any atom is 0.233 e. The highest BCUT2D eigenvalue weighted by molar-refractivity contribution is 6.35. The van der Waals surface area contributed by atoms with Crippen molar-refractivity contribution >= 4 is 40.7 Å². The standard InChI is InChI=1S/C18H18Cl2N2O2/c1-2-22(12-13-6-4-3-5-7-13)18(24)11-17(23)21-16-10-14(19)8-9-15(16)20/h3-10H,2,11-12H2,1H3,(H,21,23). The summed E-state index contributed by atoms with van der Waals surface area (Å²) in [5, 5.41) is 3.45. The van der Waals surface area contributed by atoms with Gasteiger partial charge >= 0.3 is 0 Å². The summed E-state index contributed by atoms with van der Waals surface area (Å²) < 4.78 is 0. The van der Waals surface area contributed by atoms with E-state index in [1.165, 1.54) is 0 Å². The Hall–Kier alpha value is -2.04. The molecule has 0 aromatic heterocycles. The van der Waals surface area contributed by atoms with Crippen LogP contribution < -0.4 is 5.32 Å². The molecule has 0 saturated carbocycles. The number of hydrogen-bond donors (Lipinski definition) is 1. The van der Waals surface area contributed by atoms with Gasteiger partial charge in [0.25, 0.3) is 0 Å². The Labute approximate surface area is 151 Å². The van der Waals surface area contributed by atoms with Gasteiger partial charge in [-0.15, -0.1) is 0 Å². The normalized spacial score (nSPS) is 10.3. The monoisotopic (exact) mass is 364 g/mol. The van der Waals surface area contributed by atoms with Gasteiger partial charge in [-0.1, -0.05) is 53.5 Å². The fraction of sp³-hybridized carbons (Fsp3) is 0.222. The first-order chi connectivity index (χ1) is 11.5. The van der Waals surface area contributed by atoms with E-state index in [-0.39, 0.29) is 12.3 Å². The van der Waals surface area contributed by atoms with Crippen molar-refractivity contribution in [3.05, 3.63) is 64.1 Å². The minimum Gasteiger partial charge on any atom is -0.338 e. The second kappa shape index (κ2) is 8.71. The van der Waals surface area contributed by atoms with E-state index in [2.05, 4.69) is 5.32 Å². The summed E-state index contributed by atoms with van der Waals surface area (Å²) in [7, 11) is 0. The van der Waals surface area contributed by atoms with Gasteiger partial charge in [0.2, 0.25) is 11.8 Å². The molecule has 2 aromatic carbocycles. The molecule has 0 heterocycles. The zero-order valence-corrected chi connectivity index (χ0v) is 14.8. The molecule has 0 saturated heterocycles. The summed E-state index contributed by atoms with van der Waals surface area (Å²) in [5.74, 6) is -0.660. The number of nitrogens with one attached hydrogen (secondary N) is 1. The molecule has 0 aliphatic rings. The van der Waals surface area contributed by atoms with Crippen LogP contribution in [-0.4, -0.2) is 23.3 Å². The average Bonchev–Trinajstić information content (AvgIpc) is 2.56. The van der Waals surface area contributed by atoms with E-state index >= 15 is 0 Å². The highest BCUT2D eigenvalue weighted by Crippen LogP contribution is 2.25. The molecule has 126 valence electrons. The van der Waals surface area contributed by atoms with E-state index in [0.717, 1.165) is 5.56 Å². The molecule has 4 nitrogen and oxygen atoms in total. The number of rotatable bonds is 6. The zero-order chi connectivity index (χ0) is 17.5. The Balaban J connectivity index is 1.96. The van der Waals surface area contributed by atoms with Gasteiger partial charge in [-0.25, -0.2) is 0 Å². The Bertz CT molecular complexity index is 720. The van der Waals surface area contributed by atoms with Crippen molar-refractivity contribution in [2.45, 2.75) is 19.9 Å².